The van der Waals surface area contributed by atoms with Crippen LogP contribution in [-0.2, 0) is 39.0 Å². The molecule has 0 aliphatic heterocycles. The van der Waals surface area contributed by atoms with E-state index in [9.17, 15) is 39.6 Å². The normalized spacial score (nSPS) is 9.61. The molecule has 4 N–H and O–H groups in total. The third-order valence-corrected chi connectivity index (χ3v) is 10.1. The molecule has 0 aliphatic rings. The summed E-state index contributed by atoms with van der Waals surface area (Å²) >= 11 is 0. The Morgan fingerprint density at radius 2 is 0.352 bits per heavy atom. The fraction of sp³-hybridized carbons (Fsp3) is 0.871. The van der Waals surface area contributed by atoms with E-state index < -0.39 is 24.4 Å². The minimum absolute atomic E-state index is 0. The van der Waals surface area contributed by atoms with Crippen LogP contribution < -0.4 is 20.4 Å². The van der Waals surface area contributed by atoms with Crippen LogP contribution in [0.25, 0.3) is 0 Å². The van der Waals surface area contributed by atoms with Crippen LogP contribution >= 0.6 is 0 Å². The number of carbonyl (C=O) groups is 4. The molecule has 0 aromatic heterocycles. The van der Waals surface area contributed by atoms with Crippen molar-refractivity contribution in [1.29, 1.82) is 21.6 Å². The maximum atomic E-state index is 10.6. The first kappa shape index (κ1) is 108. The van der Waals surface area contributed by atoms with Gasteiger partial charge in [0.2, 0.25) is 0 Å². The standard InChI is InChI=1S/4C9H19NO2.C6H14.4C5H13N3.2Zn/c4*1-7(2)5-10(9(11)12)6-8(3)4;1-3-5-6-4-2;4*1-7(2)5(6)8(3)4;;/h4*7-8H,5-6H2,1-4H3,(H,11,12);3-6H2,1-2H3;4*6H,1-4H3;;/q;;;;;;;;;2*+2/p-4. The SMILES string of the molecule is CC(C)CN(CC(C)C)C(=O)[O-].CC(C)CN(CC(C)C)C(=O)[O-].CC(C)CN(CC(C)C)C(=O)[O-].CC(C)CN(CC(C)C)C(=O)[O-].CCCCCC.CN(C)C(=N)N(C)C.CN(C)C(=N)N(C)C.CN(C)C(=N)N(C)C.CN(C)C(=N)N(C)C.[Zn+2].[Zn+2]. The summed E-state index contributed by atoms with van der Waals surface area (Å²) < 4.78 is 0. The van der Waals surface area contributed by atoms with Crippen LogP contribution in [0.15, 0.2) is 0 Å². The average molecular weight is 1370 g/mol. The first-order valence-electron chi connectivity index (χ1n) is 30.4. The molecule has 24 nitrogen and oxygen atoms in total. The number of carboxylic acid groups (broad SMARTS) is 4. The molecule has 0 fully saturated rings. The zero-order valence-corrected chi connectivity index (χ0v) is 69.1. The molecular formula is C62H138N16O8Zn2. The summed E-state index contributed by atoms with van der Waals surface area (Å²) in [4.78, 5) is 61.8. The van der Waals surface area contributed by atoms with Gasteiger partial charge < -0.3 is 98.4 Å². The molecule has 0 aromatic carbocycles. The summed E-state index contributed by atoms with van der Waals surface area (Å²) in [7, 11) is 29.6. The molecule has 4 amide bonds. The Hall–Kier alpha value is -4.59. The summed E-state index contributed by atoms with van der Waals surface area (Å²) in [5.41, 5.74) is 0. The van der Waals surface area contributed by atoms with E-state index in [0.29, 0.717) is 124 Å². The Morgan fingerprint density at radius 1 is 0.261 bits per heavy atom. The quantitative estimate of drug-likeness (QED) is 0.0462. The minimum atomic E-state index is -1.06. The summed E-state index contributed by atoms with van der Waals surface area (Å²) in [6.45, 7) is 41.0. The molecule has 0 aromatic rings. The number of amides is 4. The van der Waals surface area contributed by atoms with Gasteiger partial charge in [0.1, 0.15) is 24.4 Å². The third-order valence-electron chi connectivity index (χ3n) is 10.1. The van der Waals surface area contributed by atoms with E-state index in [1.165, 1.54) is 45.3 Å². The number of carbonyl (C=O) groups excluding carboxylic acids is 4. The Bertz CT molecular complexity index is 1390. The molecule has 26 heteroatoms. The van der Waals surface area contributed by atoms with E-state index in [-0.39, 0.29) is 39.0 Å². The largest absolute Gasteiger partial charge is 2.00 e. The second kappa shape index (κ2) is 65.4. The van der Waals surface area contributed by atoms with Crippen molar-refractivity contribution in [2.45, 2.75) is 150 Å². The van der Waals surface area contributed by atoms with Gasteiger partial charge in [-0.05, 0) is 47.3 Å². The minimum Gasteiger partial charge on any atom is -0.530 e. The molecule has 0 aliphatic carbocycles. The molecule has 88 heavy (non-hydrogen) atoms. The van der Waals surface area contributed by atoms with Crippen molar-refractivity contribution in [3.63, 3.8) is 0 Å². The van der Waals surface area contributed by atoms with Gasteiger partial charge in [-0.1, -0.05) is 150 Å². The van der Waals surface area contributed by atoms with Crippen LogP contribution in [0.2, 0.25) is 0 Å². The molecule has 0 spiro atoms. The number of hydrogen-bond donors (Lipinski definition) is 4. The zero-order chi connectivity index (χ0) is 70.7. The number of nitrogens with zero attached hydrogens (tertiary/aromatic N) is 12. The fourth-order valence-corrected chi connectivity index (χ4v) is 6.52. The smallest absolute Gasteiger partial charge is 0.530 e. The number of unbranched alkanes of at least 4 members (excludes halogenated alkanes) is 3. The van der Waals surface area contributed by atoms with Crippen molar-refractivity contribution >= 4 is 48.2 Å². The fourth-order valence-electron chi connectivity index (χ4n) is 6.52. The van der Waals surface area contributed by atoms with Gasteiger partial charge in [0, 0.05) is 165 Å². The van der Waals surface area contributed by atoms with Gasteiger partial charge in [0.25, 0.3) is 0 Å². The van der Waals surface area contributed by atoms with Crippen molar-refractivity contribution in [3.05, 3.63) is 0 Å². The number of nitrogens with one attached hydrogen (secondary N) is 4. The van der Waals surface area contributed by atoms with Crippen molar-refractivity contribution < 1.29 is 78.6 Å². The first-order chi connectivity index (χ1) is 38.8. The van der Waals surface area contributed by atoms with E-state index in [2.05, 4.69) is 13.8 Å². The topological polar surface area (TPSA) is 295 Å². The van der Waals surface area contributed by atoms with Crippen LogP contribution in [0.5, 0.6) is 0 Å². The summed E-state index contributed by atoms with van der Waals surface area (Å²) in [5, 5.41) is 71.3. The van der Waals surface area contributed by atoms with E-state index in [4.69, 9.17) is 21.6 Å². The molecule has 0 heterocycles. The van der Waals surface area contributed by atoms with Crippen molar-refractivity contribution in [1.82, 2.24) is 58.8 Å². The zero-order valence-electron chi connectivity index (χ0n) is 63.2. The maximum Gasteiger partial charge on any atom is 2.00 e. The van der Waals surface area contributed by atoms with Gasteiger partial charge in [-0.3, -0.25) is 21.6 Å². The third kappa shape index (κ3) is 85.6. The molecule has 0 rings (SSSR count). The van der Waals surface area contributed by atoms with Gasteiger partial charge in [-0.15, -0.1) is 0 Å². The number of guanidine groups is 4. The molecule has 0 radical (unpaired) electrons. The van der Waals surface area contributed by atoms with Crippen molar-refractivity contribution in [3.8, 4) is 0 Å². The maximum absolute atomic E-state index is 10.6. The second-order valence-corrected chi connectivity index (χ2v) is 26.0. The van der Waals surface area contributed by atoms with Crippen LogP contribution in [-0.4, -0.2) is 272 Å². The monoisotopic (exact) mass is 1360 g/mol. The molecule has 0 saturated carbocycles. The Morgan fingerprint density at radius 3 is 0.386 bits per heavy atom. The van der Waals surface area contributed by atoms with Gasteiger partial charge >= 0.3 is 39.0 Å². The van der Waals surface area contributed by atoms with E-state index >= 15 is 0 Å². The van der Waals surface area contributed by atoms with E-state index in [0.717, 1.165) is 0 Å². The predicted octanol–water partition coefficient (Wildman–Crippen LogP) is 6.53. The predicted molar refractivity (Wildman–Crippen MR) is 357 cm³/mol. The van der Waals surface area contributed by atoms with Crippen LogP contribution in [0.4, 0.5) is 19.2 Å². The first-order valence-corrected chi connectivity index (χ1v) is 30.4. The molecule has 0 atom stereocenters. The van der Waals surface area contributed by atoms with E-state index in [1.54, 1.807) is 39.2 Å². The summed E-state index contributed by atoms with van der Waals surface area (Å²) in [6.07, 6.45) is 1.30. The molecule has 518 valence electrons. The summed E-state index contributed by atoms with van der Waals surface area (Å²) in [5.74, 6) is 4.98. The Labute approximate surface area is 566 Å². The van der Waals surface area contributed by atoms with Gasteiger partial charge in [0.15, 0.2) is 23.8 Å². The van der Waals surface area contributed by atoms with E-state index in [1.807, 2.05) is 224 Å². The van der Waals surface area contributed by atoms with Crippen molar-refractivity contribution in [2.24, 2.45) is 47.3 Å². The van der Waals surface area contributed by atoms with Crippen LogP contribution in [0.3, 0.4) is 0 Å². The van der Waals surface area contributed by atoms with Gasteiger partial charge in [-0.25, -0.2) is 0 Å². The molecule has 0 bridgehead atoms. The van der Waals surface area contributed by atoms with Crippen LogP contribution in [0, 0.1) is 69.0 Å². The Balaban J connectivity index is -0.0000000847. The summed E-state index contributed by atoms with van der Waals surface area (Å²) in [6, 6.07) is 0. The van der Waals surface area contributed by atoms with Gasteiger partial charge in [0.05, 0.1) is 0 Å². The van der Waals surface area contributed by atoms with Gasteiger partial charge in [-0.2, -0.15) is 0 Å². The average Bonchev–Trinajstić information content (AvgIpc) is 3.34. The Kier molecular flexibility index (Phi) is 80.2. The second-order valence-electron chi connectivity index (χ2n) is 26.0. The van der Waals surface area contributed by atoms with Crippen LogP contribution in [0.1, 0.15) is 150 Å². The van der Waals surface area contributed by atoms with Crippen molar-refractivity contribution in [2.75, 3.05) is 165 Å². The molecule has 0 saturated heterocycles. The molecule has 0 unspecified atom stereocenters. The number of rotatable bonds is 19. The molecular weight excluding hydrogens is 1230 g/mol. The number of hydrogen-bond acceptors (Lipinski definition) is 12.